The Hall–Kier alpha value is -0.530. The fourth-order valence-corrected chi connectivity index (χ4v) is 3.18. The first kappa shape index (κ1) is 23.5. The fraction of sp³-hybridized carbons (Fsp3) is 0.909. The lowest BCUT2D eigenvalue weighted by atomic mass is 9.92. The van der Waals surface area contributed by atoms with Gasteiger partial charge in [-0.05, 0) is 25.2 Å². The molecule has 0 bridgehead atoms. The van der Waals surface area contributed by atoms with Crippen molar-refractivity contribution >= 4 is 5.97 Å². The molecule has 0 aromatic rings. The molecule has 0 unspecified atom stereocenters. The molecule has 0 N–H and O–H groups in total. The van der Waals surface area contributed by atoms with Crippen molar-refractivity contribution in [1.82, 2.24) is 0 Å². The Morgan fingerprint density at radius 3 is 2.04 bits per heavy atom. The monoisotopic (exact) mass is 339 g/mol. The molecule has 24 heavy (non-hydrogen) atoms. The summed E-state index contributed by atoms with van der Waals surface area (Å²) in [7, 11) is 0. The van der Waals surface area contributed by atoms with E-state index in [1.807, 2.05) is 0 Å². The van der Waals surface area contributed by atoms with Gasteiger partial charge in [0.15, 0.2) is 0 Å². The molecular formula is C22H43O2. The molecule has 0 atom stereocenters. The van der Waals surface area contributed by atoms with E-state index in [9.17, 15) is 4.79 Å². The topological polar surface area (TPSA) is 26.3 Å². The number of ether oxygens (including phenoxy) is 1. The highest BCUT2D eigenvalue weighted by Crippen LogP contribution is 2.21. The molecule has 143 valence electrons. The smallest absolute Gasteiger partial charge is 0.305 e. The molecule has 0 aromatic heterocycles. The predicted octanol–water partition coefficient (Wildman–Crippen LogP) is 7.26. The van der Waals surface area contributed by atoms with Gasteiger partial charge in [0.2, 0.25) is 0 Å². The van der Waals surface area contributed by atoms with Crippen LogP contribution in [0.3, 0.4) is 0 Å². The van der Waals surface area contributed by atoms with E-state index in [0.29, 0.717) is 13.0 Å². The number of esters is 1. The number of rotatable bonds is 18. The first-order chi connectivity index (χ1) is 11.7. The summed E-state index contributed by atoms with van der Waals surface area (Å²) in [5.74, 6) is 0.763. The summed E-state index contributed by atoms with van der Waals surface area (Å²) < 4.78 is 5.47. The predicted molar refractivity (Wildman–Crippen MR) is 105 cm³/mol. The van der Waals surface area contributed by atoms with Gasteiger partial charge in [-0.1, -0.05) is 97.8 Å². The van der Waals surface area contributed by atoms with Gasteiger partial charge < -0.3 is 4.74 Å². The number of hydrogen-bond donors (Lipinski definition) is 0. The molecule has 0 spiro atoms. The van der Waals surface area contributed by atoms with Crippen molar-refractivity contribution < 1.29 is 9.53 Å². The van der Waals surface area contributed by atoms with Crippen molar-refractivity contribution in [3.05, 3.63) is 6.42 Å². The van der Waals surface area contributed by atoms with Gasteiger partial charge in [-0.15, -0.1) is 0 Å². The summed E-state index contributed by atoms with van der Waals surface area (Å²) in [4.78, 5) is 11.8. The minimum atomic E-state index is 0.0120. The summed E-state index contributed by atoms with van der Waals surface area (Å²) in [6.07, 6.45) is 20.2. The molecule has 0 amide bonds. The Morgan fingerprint density at radius 2 is 1.46 bits per heavy atom. The molecule has 0 fully saturated rings. The van der Waals surface area contributed by atoms with Crippen LogP contribution in [0.5, 0.6) is 0 Å². The molecule has 2 nitrogen and oxygen atoms in total. The average molecular weight is 340 g/mol. The maximum Gasteiger partial charge on any atom is 0.305 e. The van der Waals surface area contributed by atoms with Crippen molar-refractivity contribution in [2.45, 2.75) is 117 Å². The standard InChI is InChI=1S/C22H43O2/c1-4-7-10-11-12-15-18-22(23)24-20-19-21(16-13-8-5-2)17-14-9-6-3/h4,21H,5-20H2,1-3H3. The summed E-state index contributed by atoms with van der Waals surface area (Å²) >= 11 is 0. The second-order valence-corrected chi connectivity index (χ2v) is 7.23. The molecule has 0 saturated heterocycles. The third kappa shape index (κ3) is 16.3. The zero-order valence-electron chi connectivity index (χ0n) is 16.8. The lowest BCUT2D eigenvalue weighted by molar-refractivity contribution is -0.144. The summed E-state index contributed by atoms with van der Waals surface area (Å²) in [6, 6.07) is 0. The second-order valence-electron chi connectivity index (χ2n) is 7.23. The molecule has 0 aliphatic heterocycles. The van der Waals surface area contributed by atoms with Crippen LogP contribution in [0.15, 0.2) is 0 Å². The van der Waals surface area contributed by atoms with E-state index in [0.717, 1.165) is 25.2 Å². The van der Waals surface area contributed by atoms with Crippen LogP contribution < -0.4 is 0 Å². The van der Waals surface area contributed by atoms with Gasteiger partial charge in [0, 0.05) is 6.42 Å². The lowest BCUT2D eigenvalue weighted by Crippen LogP contribution is -2.10. The highest BCUT2D eigenvalue weighted by Gasteiger charge is 2.10. The van der Waals surface area contributed by atoms with E-state index < -0.39 is 0 Å². The third-order valence-corrected chi connectivity index (χ3v) is 4.84. The van der Waals surface area contributed by atoms with E-state index in [1.165, 1.54) is 70.6 Å². The molecule has 0 saturated carbocycles. The molecule has 0 aromatic carbocycles. The van der Waals surface area contributed by atoms with Gasteiger partial charge in [-0.2, -0.15) is 0 Å². The van der Waals surface area contributed by atoms with E-state index in [2.05, 4.69) is 27.2 Å². The van der Waals surface area contributed by atoms with E-state index in [1.54, 1.807) is 0 Å². The molecular weight excluding hydrogens is 296 g/mol. The van der Waals surface area contributed by atoms with Crippen LogP contribution in [-0.4, -0.2) is 12.6 Å². The SMILES string of the molecule is C[CH]CCCCCCC(=O)OCCC(CCCCC)CCCCC. The van der Waals surface area contributed by atoms with Gasteiger partial charge in [-0.25, -0.2) is 0 Å². The second kappa shape index (κ2) is 18.8. The molecule has 0 heterocycles. The van der Waals surface area contributed by atoms with Crippen LogP contribution in [0.1, 0.15) is 117 Å². The van der Waals surface area contributed by atoms with Crippen LogP contribution in [0.25, 0.3) is 0 Å². The number of unbranched alkanes of at least 4 members (excludes halogenated alkanes) is 9. The van der Waals surface area contributed by atoms with E-state index in [-0.39, 0.29) is 5.97 Å². The van der Waals surface area contributed by atoms with Crippen molar-refractivity contribution in [2.75, 3.05) is 6.61 Å². The van der Waals surface area contributed by atoms with E-state index in [4.69, 9.17) is 4.74 Å². The van der Waals surface area contributed by atoms with Crippen LogP contribution in [0, 0.1) is 12.3 Å². The summed E-state index contributed by atoms with van der Waals surface area (Å²) in [6.45, 7) is 7.25. The maximum atomic E-state index is 11.8. The van der Waals surface area contributed by atoms with Gasteiger partial charge in [0.05, 0.1) is 6.61 Å². The van der Waals surface area contributed by atoms with Crippen LogP contribution in [-0.2, 0) is 9.53 Å². The van der Waals surface area contributed by atoms with Gasteiger partial charge in [-0.3, -0.25) is 4.79 Å². The lowest BCUT2D eigenvalue weighted by Gasteiger charge is -2.16. The zero-order valence-corrected chi connectivity index (χ0v) is 16.8. The Balaban J connectivity index is 3.71. The minimum Gasteiger partial charge on any atom is -0.466 e. The molecule has 0 aliphatic carbocycles. The van der Waals surface area contributed by atoms with E-state index >= 15 is 0 Å². The highest BCUT2D eigenvalue weighted by atomic mass is 16.5. The number of carbonyl (C=O) groups is 1. The highest BCUT2D eigenvalue weighted by molar-refractivity contribution is 5.69. The molecule has 0 rings (SSSR count). The van der Waals surface area contributed by atoms with Gasteiger partial charge in [0.25, 0.3) is 0 Å². The third-order valence-electron chi connectivity index (χ3n) is 4.84. The van der Waals surface area contributed by atoms with Crippen LogP contribution >= 0.6 is 0 Å². The normalized spacial score (nSPS) is 11.2. The van der Waals surface area contributed by atoms with Gasteiger partial charge >= 0.3 is 5.97 Å². The van der Waals surface area contributed by atoms with Crippen LogP contribution in [0.2, 0.25) is 0 Å². The number of carbonyl (C=O) groups excluding carboxylic acids is 1. The quantitative estimate of drug-likeness (QED) is 0.194. The summed E-state index contributed by atoms with van der Waals surface area (Å²) in [5.41, 5.74) is 0. The molecule has 0 aliphatic rings. The Labute approximate surface area is 152 Å². The molecule has 2 heteroatoms. The largest absolute Gasteiger partial charge is 0.466 e. The Bertz CT molecular complexity index is 253. The molecule has 1 radical (unpaired) electrons. The van der Waals surface area contributed by atoms with Crippen LogP contribution in [0.4, 0.5) is 0 Å². The van der Waals surface area contributed by atoms with Crippen molar-refractivity contribution in [1.29, 1.82) is 0 Å². The van der Waals surface area contributed by atoms with Crippen molar-refractivity contribution in [3.63, 3.8) is 0 Å². The first-order valence-electron chi connectivity index (χ1n) is 10.7. The minimum absolute atomic E-state index is 0.0120. The first-order valence-corrected chi connectivity index (χ1v) is 10.7. The summed E-state index contributed by atoms with van der Waals surface area (Å²) in [5, 5.41) is 0. The maximum absolute atomic E-state index is 11.8. The number of hydrogen-bond acceptors (Lipinski definition) is 2. The Morgan fingerprint density at radius 1 is 0.833 bits per heavy atom. The van der Waals surface area contributed by atoms with Crippen molar-refractivity contribution in [3.8, 4) is 0 Å². The van der Waals surface area contributed by atoms with Gasteiger partial charge in [0.1, 0.15) is 0 Å². The fourth-order valence-electron chi connectivity index (χ4n) is 3.18. The zero-order chi connectivity index (χ0) is 17.9. The average Bonchev–Trinajstić information content (AvgIpc) is 2.58. The Kier molecular flexibility index (Phi) is 18.4. The van der Waals surface area contributed by atoms with Crippen molar-refractivity contribution in [2.24, 2.45) is 5.92 Å².